The van der Waals surface area contributed by atoms with Crippen molar-refractivity contribution in [1.29, 1.82) is 0 Å². The van der Waals surface area contributed by atoms with E-state index in [0.717, 1.165) is 18.5 Å². The molecule has 0 aliphatic carbocycles. The summed E-state index contributed by atoms with van der Waals surface area (Å²) in [7, 11) is 1.62. The quantitative estimate of drug-likeness (QED) is 0.390. The first-order valence-corrected chi connectivity index (χ1v) is 10.3. The number of amides is 3. The minimum atomic E-state index is -0.244. The van der Waals surface area contributed by atoms with E-state index in [1.165, 1.54) is 0 Å². The molecule has 166 valence electrons. The molecule has 8 nitrogen and oxygen atoms in total. The molecule has 0 saturated carbocycles. The third-order valence-electron chi connectivity index (χ3n) is 4.36. The van der Waals surface area contributed by atoms with E-state index < -0.39 is 0 Å². The summed E-state index contributed by atoms with van der Waals surface area (Å²) in [4.78, 5) is 36.3. The summed E-state index contributed by atoms with van der Waals surface area (Å²) < 4.78 is 4.95. The first kappa shape index (κ1) is 23.9. The first-order valence-electron chi connectivity index (χ1n) is 10.3. The van der Waals surface area contributed by atoms with Crippen molar-refractivity contribution >= 4 is 29.1 Å². The van der Waals surface area contributed by atoms with Gasteiger partial charge in [-0.1, -0.05) is 13.0 Å². The maximum atomic E-state index is 12.2. The van der Waals surface area contributed by atoms with Gasteiger partial charge in [0.25, 0.3) is 11.8 Å². The Bertz CT molecular complexity index is 868. The molecule has 0 saturated heterocycles. The zero-order valence-corrected chi connectivity index (χ0v) is 18.0. The molecular formula is C23H30N4O4. The zero-order chi connectivity index (χ0) is 22.5. The average molecular weight is 427 g/mol. The Morgan fingerprint density at radius 3 is 2.29 bits per heavy atom. The van der Waals surface area contributed by atoms with E-state index in [1.54, 1.807) is 55.6 Å². The summed E-state index contributed by atoms with van der Waals surface area (Å²) in [6.45, 7) is 3.79. The molecule has 3 amide bonds. The van der Waals surface area contributed by atoms with E-state index in [4.69, 9.17) is 4.74 Å². The molecule has 0 aromatic heterocycles. The number of hydrogen-bond donors (Lipinski definition) is 4. The van der Waals surface area contributed by atoms with Gasteiger partial charge in [-0.15, -0.1) is 0 Å². The monoisotopic (exact) mass is 426 g/mol. The second kappa shape index (κ2) is 13.0. The van der Waals surface area contributed by atoms with E-state index in [-0.39, 0.29) is 24.3 Å². The SMILES string of the molecule is CCCNC(=O)c1cccc(NC(=O)CNc2ccc(C(=O)NCCCOC)cc2)c1. The van der Waals surface area contributed by atoms with Crippen LogP contribution in [0.15, 0.2) is 48.5 Å². The van der Waals surface area contributed by atoms with Crippen molar-refractivity contribution in [3.63, 3.8) is 0 Å². The molecule has 0 bridgehead atoms. The lowest BCUT2D eigenvalue weighted by Gasteiger charge is -2.10. The minimum absolute atomic E-state index is 0.0504. The molecule has 2 aromatic carbocycles. The topological polar surface area (TPSA) is 109 Å². The molecule has 0 atom stereocenters. The van der Waals surface area contributed by atoms with Gasteiger partial charge < -0.3 is 26.0 Å². The van der Waals surface area contributed by atoms with Gasteiger partial charge in [0.05, 0.1) is 6.54 Å². The van der Waals surface area contributed by atoms with Crippen LogP contribution < -0.4 is 21.3 Å². The molecule has 4 N–H and O–H groups in total. The molecule has 8 heteroatoms. The Labute approximate surface area is 182 Å². The Morgan fingerprint density at radius 1 is 0.871 bits per heavy atom. The van der Waals surface area contributed by atoms with Crippen LogP contribution in [0.3, 0.4) is 0 Å². The maximum Gasteiger partial charge on any atom is 0.251 e. The van der Waals surface area contributed by atoms with Crippen molar-refractivity contribution in [2.24, 2.45) is 0 Å². The Balaban J connectivity index is 1.81. The van der Waals surface area contributed by atoms with Gasteiger partial charge in [-0.25, -0.2) is 0 Å². The molecular weight excluding hydrogens is 396 g/mol. The molecule has 0 spiro atoms. The lowest BCUT2D eigenvalue weighted by Crippen LogP contribution is -2.25. The van der Waals surface area contributed by atoms with Crippen LogP contribution in [0.1, 0.15) is 40.5 Å². The van der Waals surface area contributed by atoms with E-state index in [1.807, 2.05) is 6.92 Å². The number of methoxy groups -OCH3 is 1. The molecule has 2 rings (SSSR count). The van der Waals surface area contributed by atoms with Crippen molar-refractivity contribution in [1.82, 2.24) is 10.6 Å². The van der Waals surface area contributed by atoms with Crippen molar-refractivity contribution < 1.29 is 19.1 Å². The summed E-state index contributed by atoms with van der Waals surface area (Å²) in [5.41, 5.74) is 2.32. The molecule has 31 heavy (non-hydrogen) atoms. The third kappa shape index (κ3) is 8.47. The molecule has 0 aliphatic rings. The highest BCUT2D eigenvalue weighted by Gasteiger charge is 2.08. The molecule has 2 aromatic rings. The number of benzene rings is 2. The summed E-state index contributed by atoms with van der Waals surface area (Å²) in [6, 6.07) is 13.7. The Kier molecular flexibility index (Phi) is 10.0. The smallest absolute Gasteiger partial charge is 0.251 e. The second-order valence-corrected chi connectivity index (χ2v) is 6.92. The first-order chi connectivity index (χ1) is 15.0. The minimum Gasteiger partial charge on any atom is -0.385 e. The lowest BCUT2D eigenvalue weighted by molar-refractivity contribution is -0.114. The van der Waals surface area contributed by atoms with E-state index in [2.05, 4.69) is 21.3 Å². The van der Waals surface area contributed by atoms with Crippen LogP contribution in [0.4, 0.5) is 11.4 Å². The van der Waals surface area contributed by atoms with Crippen molar-refractivity contribution in [3.8, 4) is 0 Å². The summed E-state index contributed by atoms with van der Waals surface area (Å²) in [5.74, 6) is -0.562. The average Bonchev–Trinajstić information content (AvgIpc) is 2.79. The molecule has 0 unspecified atom stereocenters. The predicted octanol–water partition coefficient (Wildman–Crippen LogP) is 2.64. The fraction of sp³-hybridized carbons (Fsp3) is 0.348. The number of hydrogen-bond acceptors (Lipinski definition) is 5. The normalized spacial score (nSPS) is 10.3. The van der Waals surface area contributed by atoms with Crippen LogP contribution >= 0.6 is 0 Å². The molecule has 0 radical (unpaired) electrons. The number of ether oxygens (including phenoxy) is 1. The Morgan fingerprint density at radius 2 is 1.58 bits per heavy atom. The van der Waals surface area contributed by atoms with Crippen molar-refractivity contribution in [3.05, 3.63) is 59.7 Å². The standard InChI is InChI=1S/C23H30N4O4/c1-3-12-24-23(30)18-6-4-7-20(15-18)27-21(28)16-26-19-10-8-17(9-11-19)22(29)25-13-5-14-31-2/h4,6-11,15,26H,3,5,12-14,16H2,1-2H3,(H,24,30)(H,25,29)(H,27,28). The molecule has 0 heterocycles. The van der Waals surface area contributed by atoms with Crippen molar-refractivity contribution in [2.45, 2.75) is 19.8 Å². The van der Waals surface area contributed by atoms with E-state index in [9.17, 15) is 14.4 Å². The van der Waals surface area contributed by atoms with Gasteiger partial charge in [-0.2, -0.15) is 0 Å². The van der Waals surface area contributed by atoms with Gasteiger partial charge in [0, 0.05) is 49.3 Å². The highest BCUT2D eigenvalue weighted by atomic mass is 16.5. The Hall–Kier alpha value is -3.39. The maximum absolute atomic E-state index is 12.2. The van der Waals surface area contributed by atoms with Crippen LogP contribution in [0.25, 0.3) is 0 Å². The third-order valence-corrected chi connectivity index (χ3v) is 4.36. The van der Waals surface area contributed by atoms with Crippen LogP contribution in [-0.4, -0.2) is 51.1 Å². The van der Waals surface area contributed by atoms with Crippen LogP contribution in [0, 0.1) is 0 Å². The van der Waals surface area contributed by atoms with Gasteiger partial charge in [0.2, 0.25) is 5.91 Å². The number of nitrogens with one attached hydrogen (secondary N) is 4. The largest absolute Gasteiger partial charge is 0.385 e. The van der Waals surface area contributed by atoms with Gasteiger partial charge in [-0.3, -0.25) is 14.4 Å². The van der Waals surface area contributed by atoms with Crippen LogP contribution in [-0.2, 0) is 9.53 Å². The highest BCUT2D eigenvalue weighted by Crippen LogP contribution is 2.12. The fourth-order valence-electron chi connectivity index (χ4n) is 2.73. The van der Waals surface area contributed by atoms with Gasteiger partial charge in [0.1, 0.15) is 0 Å². The van der Waals surface area contributed by atoms with Crippen LogP contribution in [0.5, 0.6) is 0 Å². The van der Waals surface area contributed by atoms with Gasteiger partial charge in [-0.05, 0) is 55.3 Å². The summed E-state index contributed by atoms with van der Waals surface area (Å²) in [5, 5.41) is 11.4. The van der Waals surface area contributed by atoms with Crippen molar-refractivity contribution in [2.75, 3.05) is 44.0 Å². The molecule has 0 fully saturated rings. The predicted molar refractivity (Wildman–Crippen MR) is 121 cm³/mol. The van der Waals surface area contributed by atoms with Crippen LogP contribution in [0.2, 0.25) is 0 Å². The summed E-state index contributed by atoms with van der Waals surface area (Å²) in [6.07, 6.45) is 1.61. The van der Waals surface area contributed by atoms with E-state index >= 15 is 0 Å². The number of anilines is 2. The number of rotatable bonds is 12. The lowest BCUT2D eigenvalue weighted by atomic mass is 10.2. The summed E-state index contributed by atoms with van der Waals surface area (Å²) >= 11 is 0. The zero-order valence-electron chi connectivity index (χ0n) is 18.0. The van der Waals surface area contributed by atoms with Gasteiger partial charge >= 0.3 is 0 Å². The second-order valence-electron chi connectivity index (χ2n) is 6.92. The van der Waals surface area contributed by atoms with E-state index in [0.29, 0.717) is 36.5 Å². The molecule has 0 aliphatic heterocycles. The number of carbonyl (C=O) groups is 3. The number of carbonyl (C=O) groups excluding carboxylic acids is 3. The highest BCUT2D eigenvalue weighted by molar-refractivity contribution is 5.98. The van der Waals surface area contributed by atoms with Gasteiger partial charge in [0.15, 0.2) is 0 Å². The fourth-order valence-corrected chi connectivity index (χ4v) is 2.73.